The molecule has 0 aliphatic heterocycles. The number of nitrogens with zero attached hydrogens (tertiary/aromatic N) is 2. The lowest BCUT2D eigenvalue weighted by Crippen LogP contribution is -2.26. The van der Waals surface area contributed by atoms with Crippen molar-refractivity contribution >= 4 is 11.8 Å². The van der Waals surface area contributed by atoms with Crippen LogP contribution in [0.4, 0.5) is 10.2 Å². The quantitative estimate of drug-likeness (QED) is 0.729. The van der Waals surface area contributed by atoms with Crippen molar-refractivity contribution in [2.45, 2.75) is 19.9 Å². The number of aryl methyl sites for hydroxylation is 1. The van der Waals surface area contributed by atoms with Gasteiger partial charge in [-0.15, -0.1) is 0 Å². The van der Waals surface area contributed by atoms with Crippen molar-refractivity contribution in [3.05, 3.63) is 22.5 Å². The molecule has 1 aromatic rings. The molecule has 0 saturated heterocycles. The van der Waals surface area contributed by atoms with Gasteiger partial charge in [-0.2, -0.15) is 4.98 Å². The van der Waals surface area contributed by atoms with E-state index < -0.39 is 23.3 Å². The minimum absolute atomic E-state index is 0.0151. The van der Waals surface area contributed by atoms with Crippen molar-refractivity contribution in [2.24, 2.45) is 0 Å². The van der Waals surface area contributed by atoms with Crippen LogP contribution in [0.15, 0.2) is 11.0 Å². The molecule has 0 saturated carbocycles. The largest absolute Gasteiger partial charge is 0.466 e. The molecular formula is C9H12FN3O3. The van der Waals surface area contributed by atoms with E-state index in [0.29, 0.717) is 0 Å². The number of halogens is 1. The second-order valence-electron chi connectivity index (χ2n) is 3.01. The fourth-order valence-corrected chi connectivity index (χ4v) is 1.08. The Bertz CT molecular complexity index is 444. The van der Waals surface area contributed by atoms with E-state index in [1.807, 2.05) is 0 Å². The maximum atomic E-state index is 13.0. The number of esters is 1. The van der Waals surface area contributed by atoms with Gasteiger partial charge in [-0.25, -0.2) is 9.18 Å². The van der Waals surface area contributed by atoms with Crippen LogP contribution in [0.5, 0.6) is 0 Å². The van der Waals surface area contributed by atoms with Crippen molar-refractivity contribution < 1.29 is 13.9 Å². The Morgan fingerprint density at radius 3 is 3.00 bits per heavy atom. The van der Waals surface area contributed by atoms with E-state index in [9.17, 15) is 14.0 Å². The number of nitrogens with two attached hydrogens (primary N) is 1. The van der Waals surface area contributed by atoms with Crippen LogP contribution in [-0.2, 0) is 16.1 Å². The van der Waals surface area contributed by atoms with Gasteiger partial charge in [0.25, 0.3) is 0 Å². The molecule has 1 heterocycles. The molecule has 0 aliphatic rings. The van der Waals surface area contributed by atoms with Gasteiger partial charge in [0.1, 0.15) is 0 Å². The molecule has 6 nitrogen and oxygen atoms in total. The number of hydrogen-bond acceptors (Lipinski definition) is 5. The van der Waals surface area contributed by atoms with Crippen molar-refractivity contribution in [1.82, 2.24) is 9.55 Å². The van der Waals surface area contributed by atoms with Gasteiger partial charge in [-0.05, 0) is 6.92 Å². The van der Waals surface area contributed by atoms with E-state index in [-0.39, 0.29) is 19.6 Å². The highest BCUT2D eigenvalue weighted by Gasteiger charge is 2.07. The van der Waals surface area contributed by atoms with Crippen LogP contribution in [-0.4, -0.2) is 22.1 Å². The zero-order valence-corrected chi connectivity index (χ0v) is 8.77. The first-order valence-electron chi connectivity index (χ1n) is 4.72. The minimum Gasteiger partial charge on any atom is -0.466 e. The molecule has 88 valence electrons. The highest BCUT2D eigenvalue weighted by molar-refractivity contribution is 5.69. The van der Waals surface area contributed by atoms with Crippen LogP contribution in [0.3, 0.4) is 0 Å². The van der Waals surface area contributed by atoms with Crippen LogP contribution in [0.2, 0.25) is 0 Å². The Labute approximate surface area is 90.8 Å². The second-order valence-corrected chi connectivity index (χ2v) is 3.01. The van der Waals surface area contributed by atoms with Gasteiger partial charge < -0.3 is 10.5 Å². The van der Waals surface area contributed by atoms with Crippen molar-refractivity contribution in [3.8, 4) is 0 Å². The summed E-state index contributed by atoms with van der Waals surface area (Å²) in [6, 6.07) is 0. The Kier molecular flexibility index (Phi) is 3.98. The summed E-state index contributed by atoms with van der Waals surface area (Å²) in [5, 5.41) is 0. The Balaban J connectivity index is 2.71. The third-order valence-electron chi connectivity index (χ3n) is 1.84. The first kappa shape index (κ1) is 12.2. The molecule has 16 heavy (non-hydrogen) atoms. The van der Waals surface area contributed by atoms with Gasteiger partial charge in [0.15, 0.2) is 11.6 Å². The standard InChI is InChI=1S/C9H12FN3O3/c1-2-16-7(14)3-4-13-5-6(10)8(11)12-9(13)15/h5H,2-4H2,1H3,(H2,11,12,15). The fraction of sp³-hybridized carbons (Fsp3) is 0.444. The van der Waals surface area contributed by atoms with Crippen LogP contribution in [0, 0.1) is 5.82 Å². The maximum Gasteiger partial charge on any atom is 0.349 e. The molecule has 2 N–H and O–H groups in total. The van der Waals surface area contributed by atoms with Crippen LogP contribution < -0.4 is 11.4 Å². The van der Waals surface area contributed by atoms with Crippen molar-refractivity contribution in [3.63, 3.8) is 0 Å². The topological polar surface area (TPSA) is 87.2 Å². The number of ether oxygens (including phenoxy) is 1. The Morgan fingerprint density at radius 2 is 2.38 bits per heavy atom. The third-order valence-corrected chi connectivity index (χ3v) is 1.84. The lowest BCUT2D eigenvalue weighted by atomic mass is 10.4. The highest BCUT2D eigenvalue weighted by Crippen LogP contribution is 2.01. The Morgan fingerprint density at radius 1 is 1.69 bits per heavy atom. The van der Waals surface area contributed by atoms with E-state index >= 15 is 0 Å². The summed E-state index contributed by atoms with van der Waals surface area (Å²) < 4.78 is 18.6. The molecule has 0 radical (unpaired) electrons. The molecule has 0 aromatic carbocycles. The first-order chi connectivity index (χ1) is 7.54. The summed E-state index contributed by atoms with van der Waals surface area (Å²) in [4.78, 5) is 25.5. The first-order valence-corrected chi connectivity index (χ1v) is 4.72. The third kappa shape index (κ3) is 3.04. The predicted molar refractivity (Wildman–Crippen MR) is 54.1 cm³/mol. The number of carbonyl (C=O) groups excluding carboxylic acids is 1. The van der Waals surface area contributed by atoms with Gasteiger partial charge in [-0.3, -0.25) is 9.36 Å². The van der Waals surface area contributed by atoms with E-state index in [0.717, 1.165) is 10.8 Å². The smallest absolute Gasteiger partial charge is 0.349 e. The van der Waals surface area contributed by atoms with Crippen molar-refractivity contribution in [2.75, 3.05) is 12.3 Å². The molecule has 0 fully saturated rings. The summed E-state index contributed by atoms with van der Waals surface area (Å²) in [6.07, 6.45) is 0.905. The molecule has 0 spiro atoms. The highest BCUT2D eigenvalue weighted by atomic mass is 19.1. The number of carbonyl (C=O) groups is 1. The molecule has 0 amide bonds. The lowest BCUT2D eigenvalue weighted by molar-refractivity contribution is -0.143. The molecule has 0 atom stereocenters. The van der Waals surface area contributed by atoms with Gasteiger partial charge in [0, 0.05) is 12.7 Å². The van der Waals surface area contributed by atoms with Crippen LogP contribution in [0.25, 0.3) is 0 Å². The summed E-state index contributed by atoms with van der Waals surface area (Å²) >= 11 is 0. The summed E-state index contributed by atoms with van der Waals surface area (Å²) in [6.45, 7) is 1.96. The number of anilines is 1. The van der Waals surface area contributed by atoms with Gasteiger partial charge in [0.2, 0.25) is 0 Å². The number of aromatic nitrogens is 2. The van der Waals surface area contributed by atoms with E-state index in [4.69, 9.17) is 5.73 Å². The predicted octanol–water partition coefficient (Wildman–Crippen LogP) is -0.0822. The van der Waals surface area contributed by atoms with Crippen LogP contribution >= 0.6 is 0 Å². The van der Waals surface area contributed by atoms with Crippen molar-refractivity contribution in [1.29, 1.82) is 0 Å². The molecule has 0 bridgehead atoms. The molecule has 0 unspecified atom stereocenters. The average Bonchev–Trinajstić information content (AvgIpc) is 2.22. The van der Waals surface area contributed by atoms with E-state index in [1.165, 1.54) is 0 Å². The molecule has 0 aliphatic carbocycles. The number of nitrogen functional groups attached to an aromatic ring is 1. The minimum atomic E-state index is -0.788. The maximum absolute atomic E-state index is 13.0. The molecule has 1 rings (SSSR count). The van der Waals surface area contributed by atoms with Gasteiger partial charge in [0.05, 0.1) is 13.0 Å². The molecule has 1 aromatic heterocycles. The number of rotatable bonds is 4. The molecule has 7 heteroatoms. The zero-order chi connectivity index (χ0) is 12.1. The average molecular weight is 229 g/mol. The van der Waals surface area contributed by atoms with Gasteiger partial charge >= 0.3 is 11.7 Å². The lowest BCUT2D eigenvalue weighted by Gasteiger charge is -2.05. The molecular weight excluding hydrogens is 217 g/mol. The summed E-state index contributed by atoms with van der Waals surface area (Å²) in [5.74, 6) is -1.69. The normalized spacial score (nSPS) is 10.1. The van der Waals surface area contributed by atoms with E-state index in [2.05, 4.69) is 9.72 Å². The summed E-state index contributed by atoms with van der Waals surface area (Å²) in [5.41, 5.74) is 4.41. The fourth-order valence-electron chi connectivity index (χ4n) is 1.08. The monoisotopic (exact) mass is 229 g/mol. The SMILES string of the molecule is CCOC(=O)CCn1cc(F)c(N)nc1=O. The van der Waals surface area contributed by atoms with Gasteiger partial charge in [-0.1, -0.05) is 0 Å². The number of hydrogen-bond donors (Lipinski definition) is 1. The zero-order valence-electron chi connectivity index (χ0n) is 8.77. The second kappa shape index (κ2) is 5.24. The van der Waals surface area contributed by atoms with E-state index in [1.54, 1.807) is 6.92 Å². The summed E-state index contributed by atoms with van der Waals surface area (Å²) in [7, 11) is 0. The Hall–Kier alpha value is -1.92. The van der Waals surface area contributed by atoms with Crippen LogP contribution in [0.1, 0.15) is 13.3 Å².